The van der Waals surface area contributed by atoms with E-state index in [2.05, 4.69) is 25.7 Å². The topological polar surface area (TPSA) is 96.7 Å². The van der Waals surface area contributed by atoms with Crippen molar-refractivity contribution in [3.63, 3.8) is 0 Å². The van der Waals surface area contributed by atoms with Crippen molar-refractivity contribution in [3.8, 4) is 0 Å². The summed E-state index contributed by atoms with van der Waals surface area (Å²) >= 11 is 0. The summed E-state index contributed by atoms with van der Waals surface area (Å²) < 4.78 is 5.27. The number of hydrogen-bond acceptors (Lipinski definition) is 5. The molecule has 0 aliphatic heterocycles. The molecule has 4 rings (SSSR count). The average molecular weight is 315 g/mol. The van der Waals surface area contributed by atoms with Crippen LogP contribution in [0.5, 0.6) is 0 Å². The molecule has 0 radical (unpaired) electrons. The molecule has 7 nitrogen and oxygen atoms in total. The molecule has 0 aromatic carbocycles. The first-order chi connectivity index (χ1) is 11.3. The zero-order valence-electron chi connectivity index (χ0n) is 13.1. The van der Waals surface area contributed by atoms with E-state index in [-0.39, 0.29) is 12.5 Å². The largest absolute Gasteiger partial charge is 0.342 e. The van der Waals surface area contributed by atoms with Gasteiger partial charge in [0, 0.05) is 17.2 Å². The lowest BCUT2D eigenvalue weighted by atomic mass is 9.89. The number of amides is 1. The molecule has 2 aliphatic rings. The van der Waals surface area contributed by atoms with E-state index in [4.69, 9.17) is 4.52 Å². The van der Waals surface area contributed by atoms with Crippen molar-refractivity contribution >= 4 is 5.91 Å². The van der Waals surface area contributed by atoms with Crippen molar-refractivity contribution in [2.45, 2.75) is 63.8 Å². The van der Waals surface area contributed by atoms with Crippen molar-refractivity contribution in [2.75, 3.05) is 0 Å². The summed E-state index contributed by atoms with van der Waals surface area (Å²) in [5.41, 5.74) is 2.65. The average Bonchev–Trinajstić information content (AvgIpc) is 3.29. The summed E-state index contributed by atoms with van der Waals surface area (Å²) in [5.74, 6) is 1.48. The molecule has 0 unspecified atom stereocenters. The third kappa shape index (κ3) is 2.87. The van der Waals surface area contributed by atoms with Crippen molar-refractivity contribution in [1.82, 2.24) is 25.7 Å². The van der Waals surface area contributed by atoms with E-state index in [9.17, 15) is 4.79 Å². The van der Waals surface area contributed by atoms with Crippen LogP contribution in [0.2, 0.25) is 0 Å². The number of aromatic nitrogens is 4. The van der Waals surface area contributed by atoms with Crippen molar-refractivity contribution < 1.29 is 9.32 Å². The molecular weight excluding hydrogens is 294 g/mol. The van der Waals surface area contributed by atoms with Gasteiger partial charge in [-0.3, -0.25) is 9.89 Å². The highest BCUT2D eigenvalue weighted by atomic mass is 16.5. The van der Waals surface area contributed by atoms with E-state index in [1.807, 2.05) is 0 Å². The minimum atomic E-state index is -0.179. The first-order valence-corrected chi connectivity index (χ1v) is 8.48. The highest BCUT2D eigenvalue weighted by Crippen LogP contribution is 2.30. The molecular formula is C16H21N5O2. The summed E-state index contributed by atoms with van der Waals surface area (Å²) in [4.78, 5) is 16.7. The number of fused-ring (bicyclic) bond motifs is 1. The quantitative estimate of drug-likeness (QED) is 0.902. The Kier molecular flexibility index (Phi) is 3.85. The number of aryl methyl sites for hydroxylation is 1. The second kappa shape index (κ2) is 6.14. The predicted octanol–water partition coefficient (Wildman–Crippen LogP) is 2.26. The van der Waals surface area contributed by atoms with Crippen molar-refractivity contribution in [3.05, 3.63) is 28.7 Å². The van der Waals surface area contributed by atoms with Crippen LogP contribution in [-0.2, 0) is 19.4 Å². The minimum absolute atomic E-state index is 0.179. The molecule has 2 N–H and O–H groups in total. The van der Waals surface area contributed by atoms with E-state index >= 15 is 0 Å². The molecule has 2 aliphatic carbocycles. The fourth-order valence-electron chi connectivity index (χ4n) is 3.61. The Morgan fingerprint density at radius 2 is 2.09 bits per heavy atom. The molecule has 23 heavy (non-hydrogen) atoms. The maximum absolute atomic E-state index is 12.3. The second-order valence-electron chi connectivity index (χ2n) is 6.45. The van der Waals surface area contributed by atoms with Crippen LogP contribution in [0, 0.1) is 0 Å². The van der Waals surface area contributed by atoms with E-state index < -0.39 is 0 Å². The number of carbonyl (C=O) groups is 1. The van der Waals surface area contributed by atoms with Gasteiger partial charge >= 0.3 is 0 Å². The molecule has 2 aromatic heterocycles. The SMILES string of the molecule is O=C(NCc1nc(C2CCCCC2)no1)c1n[nH]c2c1CCC2. The fourth-order valence-corrected chi connectivity index (χ4v) is 3.61. The highest BCUT2D eigenvalue weighted by Gasteiger charge is 2.24. The lowest BCUT2D eigenvalue weighted by molar-refractivity contribution is 0.0940. The van der Waals surface area contributed by atoms with Crippen LogP contribution in [0.4, 0.5) is 0 Å². The fraction of sp³-hybridized carbons (Fsp3) is 0.625. The zero-order chi connectivity index (χ0) is 15.6. The number of nitrogens with zero attached hydrogens (tertiary/aromatic N) is 3. The zero-order valence-corrected chi connectivity index (χ0v) is 13.1. The van der Waals surface area contributed by atoms with Crippen LogP contribution < -0.4 is 5.32 Å². The van der Waals surface area contributed by atoms with Gasteiger partial charge in [-0.1, -0.05) is 24.4 Å². The normalized spacial score (nSPS) is 18.1. The van der Waals surface area contributed by atoms with E-state index in [1.165, 1.54) is 19.3 Å². The third-order valence-electron chi connectivity index (χ3n) is 4.88. The summed E-state index contributed by atoms with van der Waals surface area (Å²) in [6, 6.07) is 0. The Balaban J connectivity index is 1.37. The summed E-state index contributed by atoms with van der Waals surface area (Å²) in [6.07, 6.45) is 9.00. The summed E-state index contributed by atoms with van der Waals surface area (Å²) in [6.45, 7) is 0.250. The Hall–Kier alpha value is -2.18. The van der Waals surface area contributed by atoms with Crippen LogP contribution in [0.3, 0.4) is 0 Å². The molecule has 0 bridgehead atoms. The van der Waals surface area contributed by atoms with Gasteiger partial charge in [-0.2, -0.15) is 10.1 Å². The summed E-state index contributed by atoms with van der Waals surface area (Å²) in [7, 11) is 0. The van der Waals surface area contributed by atoms with Gasteiger partial charge in [0.15, 0.2) is 11.5 Å². The van der Waals surface area contributed by atoms with Crippen LogP contribution in [0.25, 0.3) is 0 Å². The van der Waals surface area contributed by atoms with Gasteiger partial charge in [-0.15, -0.1) is 0 Å². The number of aromatic amines is 1. The molecule has 0 spiro atoms. The van der Waals surface area contributed by atoms with Gasteiger partial charge in [-0.25, -0.2) is 0 Å². The lowest BCUT2D eigenvalue weighted by Crippen LogP contribution is -2.24. The van der Waals surface area contributed by atoms with E-state index in [0.717, 1.165) is 49.2 Å². The van der Waals surface area contributed by atoms with Gasteiger partial charge in [0.25, 0.3) is 5.91 Å². The second-order valence-corrected chi connectivity index (χ2v) is 6.45. The van der Waals surface area contributed by atoms with Crippen LogP contribution >= 0.6 is 0 Å². The van der Waals surface area contributed by atoms with Gasteiger partial charge in [0.2, 0.25) is 5.89 Å². The van der Waals surface area contributed by atoms with Crippen molar-refractivity contribution in [1.29, 1.82) is 0 Å². The molecule has 7 heteroatoms. The maximum Gasteiger partial charge on any atom is 0.272 e. The Morgan fingerprint density at radius 3 is 2.96 bits per heavy atom. The van der Waals surface area contributed by atoms with E-state index in [0.29, 0.717) is 17.5 Å². The van der Waals surface area contributed by atoms with Gasteiger partial charge in [-0.05, 0) is 32.1 Å². The third-order valence-corrected chi connectivity index (χ3v) is 4.88. The summed E-state index contributed by atoms with van der Waals surface area (Å²) in [5, 5.41) is 14.0. The number of nitrogens with one attached hydrogen (secondary N) is 2. The lowest BCUT2D eigenvalue weighted by Gasteiger charge is -2.17. The van der Waals surface area contributed by atoms with Gasteiger partial charge in [0.05, 0.1) is 6.54 Å². The molecule has 1 fully saturated rings. The number of hydrogen-bond donors (Lipinski definition) is 2. The Bertz CT molecular complexity index is 699. The molecule has 0 saturated heterocycles. The molecule has 2 heterocycles. The van der Waals surface area contributed by atoms with Gasteiger partial charge in [0.1, 0.15) is 0 Å². The predicted molar refractivity (Wildman–Crippen MR) is 81.9 cm³/mol. The molecule has 122 valence electrons. The minimum Gasteiger partial charge on any atom is -0.342 e. The molecule has 2 aromatic rings. The highest BCUT2D eigenvalue weighted by molar-refractivity contribution is 5.94. The molecule has 1 saturated carbocycles. The first kappa shape index (κ1) is 14.4. The van der Waals surface area contributed by atoms with Crippen LogP contribution in [0.1, 0.15) is 77.9 Å². The van der Waals surface area contributed by atoms with Crippen molar-refractivity contribution in [2.24, 2.45) is 0 Å². The monoisotopic (exact) mass is 315 g/mol. The standard InChI is InChI=1S/C16H21N5O2/c22-16(14-11-7-4-8-12(11)19-20-14)17-9-13-18-15(21-23-13)10-5-2-1-3-6-10/h10H,1-9H2,(H,17,22)(H,19,20). The maximum atomic E-state index is 12.3. The Morgan fingerprint density at radius 1 is 1.22 bits per heavy atom. The van der Waals surface area contributed by atoms with Crippen LogP contribution in [0.15, 0.2) is 4.52 Å². The number of carbonyl (C=O) groups excluding carboxylic acids is 1. The number of H-pyrrole nitrogens is 1. The van der Waals surface area contributed by atoms with E-state index in [1.54, 1.807) is 0 Å². The first-order valence-electron chi connectivity index (χ1n) is 8.48. The smallest absolute Gasteiger partial charge is 0.272 e. The van der Waals surface area contributed by atoms with Crippen LogP contribution in [-0.4, -0.2) is 26.2 Å². The Labute approximate surface area is 134 Å². The van der Waals surface area contributed by atoms with Gasteiger partial charge < -0.3 is 9.84 Å². The molecule has 1 amide bonds. The number of rotatable bonds is 4. The molecule has 0 atom stereocenters.